The molecule has 0 saturated carbocycles. The topological polar surface area (TPSA) is 141 Å². The second-order valence-corrected chi connectivity index (χ2v) is 8.84. The predicted molar refractivity (Wildman–Crippen MR) is 116 cm³/mol. The smallest absolute Gasteiger partial charge is 0.325 e. The summed E-state index contributed by atoms with van der Waals surface area (Å²) in [5.41, 5.74) is 0.702. The van der Waals surface area contributed by atoms with Crippen molar-refractivity contribution in [1.29, 1.82) is 0 Å². The van der Waals surface area contributed by atoms with Gasteiger partial charge in [0.25, 0.3) is 11.8 Å². The first-order valence-corrected chi connectivity index (χ1v) is 11.4. The van der Waals surface area contributed by atoms with Crippen molar-refractivity contribution in [3.63, 3.8) is 0 Å². The zero-order valence-electron chi connectivity index (χ0n) is 18.0. The number of sulfonamides is 1. The molecule has 0 saturated heterocycles. The van der Waals surface area contributed by atoms with E-state index in [0.29, 0.717) is 5.75 Å². The number of methoxy groups -OCH3 is 1. The van der Waals surface area contributed by atoms with E-state index < -0.39 is 27.8 Å². The molecule has 1 heterocycles. The van der Waals surface area contributed by atoms with Gasteiger partial charge in [0.05, 0.1) is 24.5 Å². The van der Waals surface area contributed by atoms with Gasteiger partial charge in [-0.15, -0.1) is 0 Å². The van der Waals surface area contributed by atoms with E-state index in [1.54, 1.807) is 38.1 Å². The third-order valence-electron chi connectivity index (χ3n) is 4.09. The number of nitrogens with zero attached hydrogens (tertiary/aromatic N) is 1. The molecule has 0 aliphatic rings. The van der Waals surface area contributed by atoms with Gasteiger partial charge in [-0.05, 0) is 50.1 Å². The Hall–Kier alpha value is -3.47. The van der Waals surface area contributed by atoms with Crippen LogP contribution in [0.25, 0.3) is 0 Å². The largest absolute Gasteiger partial charge is 0.497 e. The number of amides is 2. The Bertz CT molecular complexity index is 1050. The first kappa shape index (κ1) is 24.8. The lowest BCUT2D eigenvalue weighted by Gasteiger charge is -2.09. The van der Waals surface area contributed by atoms with Crippen LogP contribution in [-0.4, -0.2) is 56.7 Å². The molecule has 0 aliphatic carbocycles. The highest BCUT2D eigenvalue weighted by atomic mass is 32.2. The molecule has 1 aromatic carbocycles. The minimum Gasteiger partial charge on any atom is -0.497 e. The molecule has 32 heavy (non-hydrogen) atoms. The second-order valence-electron chi connectivity index (χ2n) is 7.00. The maximum absolute atomic E-state index is 12.2. The van der Waals surface area contributed by atoms with Crippen LogP contribution >= 0.6 is 0 Å². The van der Waals surface area contributed by atoms with Crippen molar-refractivity contribution in [3.8, 4) is 5.75 Å². The highest BCUT2D eigenvalue weighted by Crippen LogP contribution is 2.12. The number of hydrogen-bond acceptors (Lipinski definition) is 8. The number of ether oxygens (including phenoxy) is 2. The standard InChI is InChI=1S/C21H25N3O7S/c1-14(2)31-19(25)13-23-21(27)18-9-6-16(12-22-18)20(26)24-32(28,29)11-10-15-4-7-17(30-3)8-5-15/h4-9,12,14H,10-11,13H2,1-3H3,(H,23,27)(H,24,26). The average molecular weight is 464 g/mol. The van der Waals surface area contributed by atoms with Crippen molar-refractivity contribution < 1.29 is 32.3 Å². The molecular weight excluding hydrogens is 438 g/mol. The van der Waals surface area contributed by atoms with Gasteiger partial charge >= 0.3 is 5.97 Å². The van der Waals surface area contributed by atoms with Gasteiger partial charge in [0.1, 0.15) is 18.0 Å². The summed E-state index contributed by atoms with van der Waals surface area (Å²) < 4.78 is 36.4. The molecule has 0 unspecified atom stereocenters. The third-order valence-corrected chi connectivity index (χ3v) is 5.32. The van der Waals surface area contributed by atoms with Gasteiger partial charge in [0.2, 0.25) is 10.0 Å². The van der Waals surface area contributed by atoms with Gasteiger partial charge in [0.15, 0.2) is 0 Å². The molecule has 1 aromatic heterocycles. The number of carbonyl (C=O) groups excluding carboxylic acids is 3. The number of nitrogens with one attached hydrogen (secondary N) is 2. The molecule has 2 amide bonds. The molecule has 2 N–H and O–H groups in total. The lowest BCUT2D eigenvalue weighted by atomic mass is 10.2. The lowest BCUT2D eigenvalue weighted by molar-refractivity contribution is -0.146. The summed E-state index contributed by atoms with van der Waals surface area (Å²) in [4.78, 5) is 39.6. The van der Waals surface area contributed by atoms with Crippen molar-refractivity contribution in [2.24, 2.45) is 0 Å². The van der Waals surface area contributed by atoms with Crippen LogP contribution in [0.5, 0.6) is 5.75 Å². The molecule has 10 nitrogen and oxygen atoms in total. The molecule has 11 heteroatoms. The van der Waals surface area contributed by atoms with E-state index in [1.165, 1.54) is 19.2 Å². The number of pyridine rings is 1. The Morgan fingerprint density at radius 1 is 1.03 bits per heavy atom. The summed E-state index contributed by atoms with van der Waals surface area (Å²) in [5.74, 6) is -1.72. The van der Waals surface area contributed by atoms with Crippen LogP contribution in [0.2, 0.25) is 0 Å². The number of hydrogen-bond donors (Lipinski definition) is 2. The zero-order chi connectivity index (χ0) is 23.7. The molecule has 2 aromatic rings. The quantitative estimate of drug-likeness (QED) is 0.499. The highest BCUT2D eigenvalue weighted by molar-refractivity contribution is 7.90. The third kappa shape index (κ3) is 7.99. The van der Waals surface area contributed by atoms with Crippen molar-refractivity contribution in [2.45, 2.75) is 26.4 Å². The van der Waals surface area contributed by atoms with E-state index >= 15 is 0 Å². The van der Waals surface area contributed by atoms with Crippen LogP contribution in [-0.2, 0) is 26.0 Å². The SMILES string of the molecule is COc1ccc(CCS(=O)(=O)NC(=O)c2ccc(C(=O)NCC(=O)OC(C)C)nc2)cc1. The van der Waals surface area contributed by atoms with Gasteiger partial charge in [0, 0.05) is 6.20 Å². The molecule has 0 fully saturated rings. The number of rotatable bonds is 10. The Balaban J connectivity index is 1.89. The number of aromatic nitrogens is 1. The fourth-order valence-electron chi connectivity index (χ4n) is 2.51. The van der Waals surface area contributed by atoms with Gasteiger partial charge in [-0.2, -0.15) is 0 Å². The highest BCUT2D eigenvalue weighted by Gasteiger charge is 2.18. The van der Waals surface area contributed by atoms with Crippen molar-refractivity contribution in [1.82, 2.24) is 15.0 Å². The van der Waals surface area contributed by atoms with Crippen LogP contribution < -0.4 is 14.8 Å². The van der Waals surface area contributed by atoms with Crippen LogP contribution in [0.4, 0.5) is 0 Å². The number of aryl methyl sites for hydroxylation is 1. The summed E-state index contributed by atoms with van der Waals surface area (Å²) in [6.45, 7) is 3.04. The fourth-order valence-corrected chi connectivity index (χ4v) is 3.51. The Morgan fingerprint density at radius 2 is 1.72 bits per heavy atom. The zero-order valence-corrected chi connectivity index (χ0v) is 18.8. The van der Waals surface area contributed by atoms with Gasteiger partial charge < -0.3 is 14.8 Å². The maximum atomic E-state index is 12.2. The van der Waals surface area contributed by atoms with E-state index in [9.17, 15) is 22.8 Å². The molecule has 0 radical (unpaired) electrons. The van der Waals surface area contributed by atoms with Crippen molar-refractivity contribution in [3.05, 3.63) is 59.4 Å². The number of benzene rings is 1. The average Bonchev–Trinajstić information content (AvgIpc) is 2.76. The maximum Gasteiger partial charge on any atom is 0.325 e. The van der Waals surface area contributed by atoms with E-state index in [4.69, 9.17) is 9.47 Å². The Morgan fingerprint density at radius 3 is 2.28 bits per heavy atom. The Labute approximate surface area is 186 Å². The molecule has 0 bridgehead atoms. The predicted octanol–water partition coefficient (Wildman–Crippen LogP) is 1.07. The summed E-state index contributed by atoms with van der Waals surface area (Å²) >= 11 is 0. The lowest BCUT2D eigenvalue weighted by Crippen LogP contribution is -2.34. The number of esters is 1. The van der Waals surface area contributed by atoms with Crippen LogP contribution in [0.3, 0.4) is 0 Å². The number of carbonyl (C=O) groups is 3. The summed E-state index contributed by atoms with van der Waals surface area (Å²) in [5, 5.41) is 2.35. The second kappa shape index (κ2) is 11.2. The molecule has 172 valence electrons. The van der Waals surface area contributed by atoms with Gasteiger partial charge in [-0.25, -0.2) is 13.1 Å². The summed E-state index contributed by atoms with van der Waals surface area (Å²) in [7, 11) is -2.35. The summed E-state index contributed by atoms with van der Waals surface area (Å²) in [6.07, 6.45) is 0.988. The minimum atomic E-state index is -3.89. The molecule has 0 aliphatic heterocycles. The van der Waals surface area contributed by atoms with Gasteiger partial charge in [-0.1, -0.05) is 12.1 Å². The molecule has 2 rings (SSSR count). The molecular formula is C21H25N3O7S. The van der Waals surface area contributed by atoms with Gasteiger partial charge in [-0.3, -0.25) is 19.4 Å². The monoisotopic (exact) mass is 463 g/mol. The van der Waals surface area contributed by atoms with E-state index in [2.05, 4.69) is 10.3 Å². The van der Waals surface area contributed by atoms with E-state index in [-0.39, 0.29) is 36.1 Å². The van der Waals surface area contributed by atoms with Crippen LogP contribution in [0.15, 0.2) is 42.6 Å². The Kier molecular flexibility index (Phi) is 8.71. The summed E-state index contributed by atoms with van der Waals surface area (Å²) in [6, 6.07) is 9.44. The van der Waals surface area contributed by atoms with Crippen molar-refractivity contribution in [2.75, 3.05) is 19.4 Å². The van der Waals surface area contributed by atoms with E-state index in [0.717, 1.165) is 11.8 Å². The molecule has 0 atom stereocenters. The first-order valence-electron chi connectivity index (χ1n) is 9.71. The first-order chi connectivity index (χ1) is 15.1. The van der Waals surface area contributed by atoms with Crippen LogP contribution in [0.1, 0.15) is 40.3 Å². The van der Waals surface area contributed by atoms with Crippen LogP contribution in [0, 0.1) is 0 Å². The van der Waals surface area contributed by atoms with E-state index in [1.807, 2.05) is 4.72 Å². The minimum absolute atomic E-state index is 0.0335. The normalized spacial score (nSPS) is 11.0. The fraction of sp³-hybridized carbons (Fsp3) is 0.333. The molecule has 0 spiro atoms. The van der Waals surface area contributed by atoms with Crippen molar-refractivity contribution >= 4 is 27.8 Å².